The Labute approximate surface area is 210 Å². The zero-order valence-electron chi connectivity index (χ0n) is 22.4. The molecule has 3 saturated heterocycles. The van der Waals surface area contributed by atoms with Crippen molar-refractivity contribution < 1.29 is 23.7 Å². The van der Waals surface area contributed by atoms with Crippen LogP contribution in [-0.2, 0) is 23.7 Å². The van der Waals surface area contributed by atoms with Crippen LogP contribution in [-0.4, -0.2) is 41.3 Å². The van der Waals surface area contributed by atoms with E-state index in [-0.39, 0.29) is 34.6 Å². The van der Waals surface area contributed by atoms with E-state index < -0.39 is 5.97 Å². The summed E-state index contributed by atoms with van der Waals surface area (Å²) in [7, 11) is 0. The zero-order chi connectivity index (χ0) is 24.8. The standard InChI is InChI=1S/C30H42O5/c1-16(22-15-29(6)26(2,3)34-30(7,33-22)35-29)18-8-9-19-23-20(11-13-27(18,19)4)28(5)12-10-17(31)14-21(28)24-25(23)32-24/h10,12,14,16,18-20,22-25H,8-9,11,13,15H2,1-7H3/t16-,18+,19-,20-,22+,23-,24+,25-,27+,28+,29+,30?/m0/s1. The molecule has 12 atom stereocenters. The Morgan fingerprint density at radius 3 is 2.51 bits per heavy atom. The second-order valence-corrected chi connectivity index (χ2v) is 14.2. The highest BCUT2D eigenvalue weighted by molar-refractivity contribution is 6.01. The molecule has 3 aliphatic heterocycles. The maximum Gasteiger partial charge on any atom is 0.281 e. The fraction of sp³-hybridized carbons (Fsp3) is 0.833. The summed E-state index contributed by atoms with van der Waals surface area (Å²) in [6, 6.07) is 0. The van der Waals surface area contributed by atoms with Crippen molar-refractivity contribution in [3.8, 4) is 0 Å². The molecule has 5 heteroatoms. The van der Waals surface area contributed by atoms with Gasteiger partial charge in [-0.2, -0.15) is 0 Å². The molecule has 192 valence electrons. The van der Waals surface area contributed by atoms with Gasteiger partial charge >= 0.3 is 0 Å². The van der Waals surface area contributed by atoms with E-state index in [0.717, 1.165) is 6.42 Å². The molecule has 2 bridgehead atoms. The maximum absolute atomic E-state index is 12.2. The molecule has 3 saturated carbocycles. The molecule has 0 N–H and O–H groups in total. The van der Waals surface area contributed by atoms with Gasteiger partial charge in [-0.1, -0.05) is 26.8 Å². The monoisotopic (exact) mass is 482 g/mol. The average Bonchev–Trinajstić information content (AvgIpc) is 3.44. The number of rotatable bonds is 2. The Hall–Kier alpha value is -1.01. The Morgan fingerprint density at radius 2 is 1.77 bits per heavy atom. The van der Waals surface area contributed by atoms with Gasteiger partial charge in [-0.3, -0.25) is 4.79 Å². The largest absolute Gasteiger partial charge is 0.364 e. The second-order valence-electron chi connectivity index (χ2n) is 14.2. The third kappa shape index (κ3) is 2.87. The van der Waals surface area contributed by atoms with Crippen LogP contribution in [0.4, 0.5) is 0 Å². The molecule has 0 radical (unpaired) electrons. The summed E-state index contributed by atoms with van der Waals surface area (Å²) in [5.41, 5.74) is 0.804. The van der Waals surface area contributed by atoms with E-state index in [1.807, 2.05) is 13.0 Å². The Kier molecular flexibility index (Phi) is 4.43. The number of ether oxygens (including phenoxy) is 4. The van der Waals surface area contributed by atoms with E-state index in [4.69, 9.17) is 18.9 Å². The molecule has 3 heterocycles. The topological polar surface area (TPSA) is 57.3 Å². The van der Waals surface area contributed by atoms with Crippen LogP contribution in [0.1, 0.15) is 80.6 Å². The fourth-order valence-electron chi connectivity index (χ4n) is 10.1. The van der Waals surface area contributed by atoms with E-state index in [9.17, 15) is 4.79 Å². The first-order valence-electron chi connectivity index (χ1n) is 14.0. The SMILES string of the molecule is C[C@@H]([C@H]1CC[C@H]2[C@@H]3[C@@H]4O[C@@H]4C4=CC(=O)C=C[C@]4(C)[C@H]3CC[C@]12C)[C@H]1C[C@@]2(C)OC(C)(O1)OC2(C)C. The van der Waals surface area contributed by atoms with E-state index in [2.05, 4.69) is 47.6 Å². The average molecular weight is 483 g/mol. The molecule has 1 unspecified atom stereocenters. The molecule has 4 aliphatic carbocycles. The van der Waals surface area contributed by atoms with Gasteiger partial charge in [-0.25, -0.2) is 0 Å². The van der Waals surface area contributed by atoms with Crippen molar-refractivity contribution in [3.63, 3.8) is 0 Å². The number of carbonyl (C=O) groups excluding carboxylic acids is 1. The normalized spacial score (nSPS) is 58.1. The molecule has 0 spiro atoms. The smallest absolute Gasteiger partial charge is 0.281 e. The molecule has 7 aliphatic rings. The van der Waals surface area contributed by atoms with Crippen LogP contribution in [0.2, 0.25) is 0 Å². The highest BCUT2D eigenvalue weighted by atomic mass is 16.9. The number of hydrogen-bond acceptors (Lipinski definition) is 5. The minimum Gasteiger partial charge on any atom is -0.364 e. The number of epoxide rings is 1. The summed E-state index contributed by atoms with van der Waals surface area (Å²) >= 11 is 0. The first kappa shape index (κ1) is 23.1. The highest BCUT2D eigenvalue weighted by Crippen LogP contribution is 2.70. The van der Waals surface area contributed by atoms with Crippen LogP contribution in [0.3, 0.4) is 0 Å². The molecule has 7 rings (SSSR count). The van der Waals surface area contributed by atoms with E-state index in [0.29, 0.717) is 41.1 Å². The molecule has 6 fully saturated rings. The lowest BCUT2D eigenvalue weighted by molar-refractivity contribution is -0.385. The Bertz CT molecular complexity index is 1040. The van der Waals surface area contributed by atoms with Gasteiger partial charge < -0.3 is 18.9 Å². The number of fused-ring (bicyclic) bond motifs is 10. The zero-order valence-corrected chi connectivity index (χ0v) is 22.4. The van der Waals surface area contributed by atoms with Crippen LogP contribution < -0.4 is 0 Å². The lowest BCUT2D eigenvalue weighted by Crippen LogP contribution is -2.55. The molecular weight excluding hydrogens is 440 g/mol. The van der Waals surface area contributed by atoms with E-state index in [1.54, 1.807) is 6.08 Å². The van der Waals surface area contributed by atoms with Gasteiger partial charge in [0.25, 0.3) is 5.97 Å². The van der Waals surface area contributed by atoms with E-state index in [1.165, 1.54) is 31.3 Å². The van der Waals surface area contributed by atoms with Crippen molar-refractivity contribution in [2.75, 3.05) is 0 Å². The third-order valence-electron chi connectivity index (χ3n) is 12.2. The number of ketones is 1. The lowest BCUT2D eigenvalue weighted by atomic mass is 9.47. The first-order valence-corrected chi connectivity index (χ1v) is 14.0. The van der Waals surface area contributed by atoms with Gasteiger partial charge in [0.2, 0.25) is 0 Å². The van der Waals surface area contributed by atoms with Gasteiger partial charge in [0, 0.05) is 18.8 Å². The quantitative estimate of drug-likeness (QED) is 0.481. The van der Waals surface area contributed by atoms with Crippen LogP contribution in [0.5, 0.6) is 0 Å². The molecule has 0 aromatic heterocycles. The number of allylic oxidation sites excluding steroid dienone is 3. The van der Waals surface area contributed by atoms with Gasteiger partial charge in [-0.05, 0) is 99.2 Å². The van der Waals surface area contributed by atoms with Gasteiger partial charge in [-0.15, -0.1) is 0 Å². The lowest BCUT2D eigenvalue weighted by Gasteiger charge is -2.56. The highest BCUT2D eigenvalue weighted by Gasteiger charge is 2.70. The van der Waals surface area contributed by atoms with Crippen molar-refractivity contribution in [2.24, 2.45) is 40.4 Å². The minimum absolute atomic E-state index is 0.0314. The van der Waals surface area contributed by atoms with Gasteiger partial charge in [0.1, 0.15) is 11.7 Å². The van der Waals surface area contributed by atoms with E-state index >= 15 is 0 Å². The molecule has 0 amide bonds. The van der Waals surface area contributed by atoms with Crippen molar-refractivity contribution in [3.05, 3.63) is 23.8 Å². The fourth-order valence-corrected chi connectivity index (χ4v) is 10.1. The minimum atomic E-state index is -0.952. The summed E-state index contributed by atoms with van der Waals surface area (Å²) in [5.74, 6) is 2.06. The first-order chi connectivity index (χ1) is 16.3. The van der Waals surface area contributed by atoms with Crippen LogP contribution in [0.25, 0.3) is 0 Å². The van der Waals surface area contributed by atoms with Gasteiger partial charge in [0.15, 0.2) is 5.78 Å². The van der Waals surface area contributed by atoms with Crippen molar-refractivity contribution in [1.29, 1.82) is 0 Å². The predicted molar refractivity (Wildman–Crippen MR) is 131 cm³/mol. The van der Waals surface area contributed by atoms with Crippen molar-refractivity contribution in [2.45, 2.75) is 116 Å². The van der Waals surface area contributed by atoms with Crippen LogP contribution >= 0.6 is 0 Å². The third-order valence-corrected chi connectivity index (χ3v) is 12.2. The summed E-state index contributed by atoms with van der Waals surface area (Å²) in [6.07, 6.45) is 12.4. The summed E-state index contributed by atoms with van der Waals surface area (Å²) in [4.78, 5) is 12.2. The summed E-state index contributed by atoms with van der Waals surface area (Å²) in [5, 5.41) is 0. The summed E-state index contributed by atoms with van der Waals surface area (Å²) in [6.45, 7) is 15.8. The molecule has 35 heavy (non-hydrogen) atoms. The summed E-state index contributed by atoms with van der Waals surface area (Å²) < 4.78 is 25.6. The van der Waals surface area contributed by atoms with Crippen LogP contribution in [0.15, 0.2) is 23.8 Å². The van der Waals surface area contributed by atoms with Gasteiger partial charge in [0.05, 0.1) is 17.8 Å². The molecular formula is C30H42O5. The molecule has 0 aromatic rings. The maximum atomic E-state index is 12.2. The van der Waals surface area contributed by atoms with Crippen molar-refractivity contribution in [1.82, 2.24) is 0 Å². The number of carbonyl (C=O) groups is 1. The molecule has 5 nitrogen and oxygen atoms in total. The Balaban J connectivity index is 1.17. The molecule has 0 aromatic carbocycles. The van der Waals surface area contributed by atoms with Crippen LogP contribution in [0, 0.1) is 40.4 Å². The van der Waals surface area contributed by atoms with Crippen molar-refractivity contribution >= 4 is 5.78 Å². The Morgan fingerprint density at radius 1 is 1.00 bits per heavy atom. The number of hydrogen-bond donors (Lipinski definition) is 0. The second kappa shape index (κ2) is 6.70. The predicted octanol–water partition coefficient (Wildman–Crippen LogP) is 5.58.